The van der Waals surface area contributed by atoms with Gasteiger partial charge in [-0.3, -0.25) is 4.79 Å². The molecular formula is C11H22N2OS. The number of hydrogen-bond donors (Lipinski definition) is 2. The van der Waals surface area contributed by atoms with Gasteiger partial charge in [0.2, 0.25) is 5.91 Å². The molecule has 0 aromatic carbocycles. The van der Waals surface area contributed by atoms with Crippen molar-refractivity contribution in [3.8, 4) is 0 Å². The first-order chi connectivity index (χ1) is 7.24. The summed E-state index contributed by atoms with van der Waals surface area (Å²) in [7, 11) is 0. The fraction of sp³-hybridized carbons (Fsp3) is 0.909. The maximum atomic E-state index is 11.8. The van der Waals surface area contributed by atoms with Gasteiger partial charge in [-0.1, -0.05) is 0 Å². The van der Waals surface area contributed by atoms with Crippen molar-refractivity contribution in [1.29, 1.82) is 0 Å². The summed E-state index contributed by atoms with van der Waals surface area (Å²) in [4.78, 5) is 11.8. The number of rotatable bonds is 5. The number of thioether (sulfide) groups is 1. The molecule has 0 bridgehead atoms. The molecule has 2 atom stereocenters. The molecule has 0 radical (unpaired) electrons. The van der Waals surface area contributed by atoms with Gasteiger partial charge in [0, 0.05) is 12.6 Å². The van der Waals surface area contributed by atoms with Crippen LogP contribution in [0.15, 0.2) is 0 Å². The summed E-state index contributed by atoms with van der Waals surface area (Å²) < 4.78 is 0. The van der Waals surface area contributed by atoms with Gasteiger partial charge in [0.25, 0.3) is 0 Å². The third-order valence-electron chi connectivity index (χ3n) is 2.81. The minimum Gasteiger partial charge on any atom is -0.353 e. The van der Waals surface area contributed by atoms with E-state index in [0.29, 0.717) is 6.04 Å². The smallest absolute Gasteiger partial charge is 0.224 e. The zero-order chi connectivity index (χ0) is 11.1. The van der Waals surface area contributed by atoms with Gasteiger partial charge in [-0.15, -0.1) is 0 Å². The largest absolute Gasteiger partial charge is 0.353 e. The Hall–Kier alpha value is -0.220. The molecule has 0 aromatic rings. The van der Waals surface area contributed by atoms with Crippen LogP contribution in [0.25, 0.3) is 0 Å². The Labute approximate surface area is 96.8 Å². The first kappa shape index (κ1) is 12.8. The van der Waals surface area contributed by atoms with Crippen molar-refractivity contribution in [3.05, 3.63) is 0 Å². The maximum absolute atomic E-state index is 11.8. The van der Waals surface area contributed by atoms with E-state index in [2.05, 4.69) is 23.8 Å². The topological polar surface area (TPSA) is 41.1 Å². The van der Waals surface area contributed by atoms with Crippen LogP contribution in [-0.4, -0.2) is 37.0 Å². The van der Waals surface area contributed by atoms with Gasteiger partial charge >= 0.3 is 0 Å². The normalized spacial score (nSPS) is 23.5. The molecule has 1 rings (SSSR count). The molecule has 1 aliphatic heterocycles. The quantitative estimate of drug-likeness (QED) is 0.747. The Bertz CT molecular complexity index is 193. The molecule has 0 aliphatic carbocycles. The minimum atomic E-state index is 0.190. The summed E-state index contributed by atoms with van der Waals surface area (Å²) in [5.74, 6) is 1.54. The fourth-order valence-electron chi connectivity index (χ4n) is 1.80. The van der Waals surface area contributed by atoms with Crippen LogP contribution in [-0.2, 0) is 4.79 Å². The third-order valence-corrected chi connectivity index (χ3v) is 3.46. The number of amides is 1. The highest BCUT2D eigenvalue weighted by Crippen LogP contribution is 2.10. The summed E-state index contributed by atoms with van der Waals surface area (Å²) in [5, 5.41) is 6.36. The molecule has 15 heavy (non-hydrogen) atoms. The highest BCUT2D eigenvalue weighted by Gasteiger charge is 2.21. The molecule has 1 heterocycles. The second kappa shape index (κ2) is 7.12. The van der Waals surface area contributed by atoms with Gasteiger partial charge in [0.05, 0.1) is 5.92 Å². The lowest BCUT2D eigenvalue weighted by atomic mass is 9.98. The van der Waals surface area contributed by atoms with Crippen LogP contribution < -0.4 is 10.6 Å². The first-order valence-corrected chi connectivity index (χ1v) is 7.13. The average molecular weight is 230 g/mol. The van der Waals surface area contributed by atoms with Crippen LogP contribution in [0.5, 0.6) is 0 Å². The maximum Gasteiger partial charge on any atom is 0.224 e. The predicted molar refractivity (Wildman–Crippen MR) is 66.2 cm³/mol. The molecule has 0 spiro atoms. The lowest BCUT2D eigenvalue weighted by molar-refractivity contribution is -0.126. The summed E-state index contributed by atoms with van der Waals surface area (Å²) in [6.07, 6.45) is 5.32. The first-order valence-electron chi connectivity index (χ1n) is 5.74. The van der Waals surface area contributed by atoms with Crippen molar-refractivity contribution in [2.75, 3.05) is 25.1 Å². The monoisotopic (exact) mass is 230 g/mol. The molecule has 1 fully saturated rings. The van der Waals surface area contributed by atoms with Crippen molar-refractivity contribution < 1.29 is 4.79 Å². The summed E-state index contributed by atoms with van der Waals surface area (Å²) in [5.41, 5.74) is 0. The third kappa shape index (κ3) is 4.89. The highest BCUT2D eigenvalue weighted by atomic mass is 32.2. The van der Waals surface area contributed by atoms with Gasteiger partial charge in [-0.25, -0.2) is 0 Å². The van der Waals surface area contributed by atoms with Crippen molar-refractivity contribution in [1.82, 2.24) is 10.6 Å². The van der Waals surface area contributed by atoms with E-state index in [1.54, 1.807) is 0 Å². The van der Waals surface area contributed by atoms with E-state index in [1.165, 1.54) is 0 Å². The molecule has 1 amide bonds. The van der Waals surface area contributed by atoms with Crippen LogP contribution in [0.3, 0.4) is 0 Å². The van der Waals surface area contributed by atoms with E-state index in [9.17, 15) is 4.79 Å². The lowest BCUT2D eigenvalue weighted by Crippen LogP contribution is -2.43. The van der Waals surface area contributed by atoms with E-state index in [4.69, 9.17) is 0 Å². The molecule has 1 aliphatic rings. The zero-order valence-corrected chi connectivity index (χ0v) is 10.5. The number of hydrogen-bond acceptors (Lipinski definition) is 3. The van der Waals surface area contributed by atoms with E-state index in [1.807, 2.05) is 11.8 Å². The second-order valence-electron chi connectivity index (χ2n) is 4.23. The SMILES string of the molecule is CSCCC(C)NC(=O)C1CCCNC1. The van der Waals surface area contributed by atoms with Crippen LogP contribution in [0.4, 0.5) is 0 Å². The number of carbonyl (C=O) groups is 1. The van der Waals surface area contributed by atoms with Crippen molar-refractivity contribution >= 4 is 17.7 Å². The van der Waals surface area contributed by atoms with Crippen LogP contribution >= 0.6 is 11.8 Å². The Morgan fingerprint density at radius 1 is 1.67 bits per heavy atom. The van der Waals surface area contributed by atoms with Gasteiger partial charge in [-0.2, -0.15) is 11.8 Å². The zero-order valence-electron chi connectivity index (χ0n) is 9.71. The molecule has 88 valence electrons. The molecule has 2 unspecified atom stereocenters. The Morgan fingerprint density at radius 2 is 2.47 bits per heavy atom. The number of nitrogens with one attached hydrogen (secondary N) is 2. The molecule has 0 aromatic heterocycles. The fourth-order valence-corrected chi connectivity index (χ4v) is 2.39. The molecule has 1 saturated heterocycles. The lowest BCUT2D eigenvalue weighted by Gasteiger charge is -2.23. The second-order valence-corrected chi connectivity index (χ2v) is 5.22. The van der Waals surface area contributed by atoms with E-state index in [-0.39, 0.29) is 11.8 Å². The van der Waals surface area contributed by atoms with E-state index in [0.717, 1.165) is 38.1 Å². The van der Waals surface area contributed by atoms with Gasteiger partial charge in [-0.05, 0) is 44.7 Å². The van der Waals surface area contributed by atoms with Gasteiger partial charge < -0.3 is 10.6 Å². The molecule has 2 N–H and O–H groups in total. The molecule has 3 nitrogen and oxygen atoms in total. The van der Waals surface area contributed by atoms with Gasteiger partial charge in [0.15, 0.2) is 0 Å². The molecule has 0 saturated carbocycles. The summed E-state index contributed by atoms with van der Waals surface area (Å²) in [6, 6.07) is 0.312. The average Bonchev–Trinajstić information content (AvgIpc) is 2.27. The van der Waals surface area contributed by atoms with Crippen molar-refractivity contribution in [3.63, 3.8) is 0 Å². The molecule has 4 heteroatoms. The summed E-state index contributed by atoms with van der Waals surface area (Å²) in [6.45, 7) is 4.00. The summed E-state index contributed by atoms with van der Waals surface area (Å²) >= 11 is 1.83. The minimum absolute atomic E-state index is 0.190. The highest BCUT2D eigenvalue weighted by molar-refractivity contribution is 7.98. The van der Waals surface area contributed by atoms with Crippen molar-refractivity contribution in [2.24, 2.45) is 5.92 Å². The van der Waals surface area contributed by atoms with E-state index >= 15 is 0 Å². The van der Waals surface area contributed by atoms with Crippen molar-refractivity contribution in [2.45, 2.75) is 32.2 Å². The van der Waals surface area contributed by atoms with Crippen LogP contribution in [0.2, 0.25) is 0 Å². The Balaban J connectivity index is 2.21. The van der Waals surface area contributed by atoms with Gasteiger partial charge in [0.1, 0.15) is 0 Å². The van der Waals surface area contributed by atoms with Crippen LogP contribution in [0, 0.1) is 5.92 Å². The van der Waals surface area contributed by atoms with Crippen LogP contribution in [0.1, 0.15) is 26.2 Å². The number of piperidine rings is 1. The van der Waals surface area contributed by atoms with E-state index < -0.39 is 0 Å². The standard InChI is InChI=1S/C11H22N2OS/c1-9(5-7-15-2)13-11(14)10-4-3-6-12-8-10/h9-10,12H,3-8H2,1-2H3,(H,13,14). The predicted octanol–water partition coefficient (Wildman–Crippen LogP) is 1.24. The Kier molecular flexibility index (Phi) is 6.10. The molecular weight excluding hydrogens is 208 g/mol. The number of carbonyl (C=O) groups excluding carboxylic acids is 1. The Morgan fingerprint density at radius 3 is 3.07 bits per heavy atom.